The van der Waals surface area contributed by atoms with Crippen molar-refractivity contribution in [1.29, 1.82) is 0 Å². The molecule has 2 heteroatoms. The van der Waals surface area contributed by atoms with Gasteiger partial charge in [-0.15, -0.1) is 0 Å². The van der Waals surface area contributed by atoms with Crippen LogP contribution in [0.15, 0.2) is 0 Å². The number of hydrogen-bond acceptors (Lipinski definition) is 2. The lowest BCUT2D eigenvalue weighted by atomic mass is 9.84. The van der Waals surface area contributed by atoms with Gasteiger partial charge in [-0.2, -0.15) is 0 Å². The molecule has 0 spiro atoms. The third kappa shape index (κ3) is 4.06. The average molecular weight is 226 g/mol. The van der Waals surface area contributed by atoms with Crippen LogP contribution < -0.4 is 5.32 Å². The second kappa shape index (κ2) is 6.02. The molecule has 1 aliphatic heterocycles. The van der Waals surface area contributed by atoms with E-state index in [-0.39, 0.29) is 0 Å². The Morgan fingerprint density at radius 1 is 1.38 bits per heavy atom. The summed E-state index contributed by atoms with van der Waals surface area (Å²) in [7, 11) is 0. The van der Waals surface area contributed by atoms with Crippen LogP contribution in [0.5, 0.6) is 0 Å². The quantitative estimate of drug-likeness (QED) is 0.793. The van der Waals surface area contributed by atoms with Crippen LogP contribution in [0.25, 0.3) is 0 Å². The summed E-state index contributed by atoms with van der Waals surface area (Å²) in [5, 5.41) is 3.53. The Morgan fingerprint density at radius 2 is 2.06 bits per heavy atom. The molecule has 1 N–H and O–H groups in total. The number of rotatable bonds is 4. The highest BCUT2D eigenvalue weighted by Gasteiger charge is 2.32. The summed E-state index contributed by atoms with van der Waals surface area (Å²) in [5.74, 6) is 0.841. The molecule has 2 nitrogen and oxygen atoms in total. The molecule has 2 unspecified atom stereocenters. The number of piperazine rings is 1. The molecular weight excluding hydrogens is 196 g/mol. The first-order valence-corrected chi connectivity index (χ1v) is 6.90. The number of nitrogens with one attached hydrogen (secondary N) is 1. The largest absolute Gasteiger partial charge is 0.314 e. The second-order valence-corrected chi connectivity index (χ2v) is 6.47. The Morgan fingerprint density at radius 3 is 2.62 bits per heavy atom. The van der Waals surface area contributed by atoms with Crippen LogP contribution in [0.2, 0.25) is 0 Å². The molecule has 0 amide bonds. The van der Waals surface area contributed by atoms with E-state index in [1.807, 2.05) is 0 Å². The zero-order chi connectivity index (χ0) is 12.2. The fraction of sp³-hybridized carbons (Fsp3) is 1.00. The maximum absolute atomic E-state index is 3.53. The van der Waals surface area contributed by atoms with E-state index in [1.54, 1.807) is 0 Å². The average Bonchev–Trinajstić information content (AvgIpc) is 2.17. The van der Waals surface area contributed by atoms with E-state index in [2.05, 4.69) is 44.8 Å². The molecule has 16 heavy (non-hydrogen) atoms. The molecule has 1 aliphatic rings. The normalized spacial score (nSPS) is 25.7. The maximum Gasteiger partial charge on any atom is 0.0269 e. The molecule has 0 aromatic heterocycles. The van der Waals surface area contributed by atoms with E-state index < -0.39 is 0 Å². The summed E-state index contributed by atoms with van der Waals surface area (Å²) in [6.07, 6.45) is 2.67. The molecule has 0 aromatic rings. The number of hydrogen-bond donors (Lipinski definition) is 1. The van der Waals surface area contributed by atoms with E-state index in [4.69, 9.17) is 0 Å². The molecular formula is C14H30N2. The molecule has 0 aliphatic carbocycles. The van der Waals surface area contributed by atoms with Gasteiger partial charge in [0.15, 0.2) is 0 Å². The predicted octanol–water partition coefficient (Wildman–Crippen LogP) is 2.74. The van der Waals surface area contributed by atoms with Gasteiger partial charge in [0.2, 0.25) is 0 Å². The molecule has 1 rings (SSSR count). The Bertz CT molecular complexity index is 195. The topological polar surface area (TPSA) is 15.3 Å². The molecule has 1 fully saturated rings. The van der Waals surface area contributed by atoms with Crippen LogP contribution in [0, 0.1) is 11.3 Å². The van der Waals surface area contributed by atoms with Crippen LogP contribution in [0.3, 0.4) is 0 Å². The lowest BCUT2D eigenvalue weighted by molar-refractivity contribution is 0.0622. The zero-order valence-electron chi connectivity index (χ0n) is 11.8. The fourth-order valence-corrected chi connectivity index (χ4v) is 2.80. The van der Waals surface area contributed by atoms with E-state index in [9.17, 15) is 0 Å². The summed E-state index contributed by atoms with van der Waals surface area (Å²) >= 11 is 0. The van der Waals surface area contributed by atoms with E-state index >= 15 is 0 Å². The molecule has 0 bridgehead atoms. The maximum atomic E-state index is 3.53. The van der Waals surface area contributed by atoms with Gasteiger partial charge in [0.1, 0.15) is 0 Å². The highest BCUT2D eigenvalue weighted by Crippen LogP contribution is 2.26. The van der Waals surface area contributed by atoms with Crippen LogP contribution in [-0.4, -0.2) is 37.1 Å². The van der Waals surface area contributed by atoms with E-state index in [0.717, 1.165) is 19.0 Å². The van der Waals surface area contributed by atoms with Gasteiger partial charge in [-0.3, -0.25) is 4.90 Å². The SMILES string of the molecule is CCCC(C)CN1CCNCC1C(C)(C)C. The zero-order valence-corrected chi connectivity index (χ0v) is 11.8. The third-order valence-electron chi connectivity index (χ3n) is 3.68. The summed E-state index contributed by atoms with van der Waals surface area (Å²) in [5.41, 5.74) is 0.388. The standard InChI is InChI=1S/C14H30N2/c1-6-7-12(2)11-16-9-8-15-10-13(16)14(3,4)5/h12-13,15H,6-11H2,1-5H3. The van der Waals surface area contributed by atoms with Gasteiger partial charge in [-0.1, -0.05) is 41.0 Å². The van der Waals surface area contributed by atoms with Gasteiger partial charge < -0.3 is 5.32 Å². The van der Waals surface area contributed by atoms with E-state index in [1.165, 1.54) is 25.9 Å². The third-order valence-corrected chi connectivity index (χ3v) is 3.68. The molecule has 0 aromatic carbocycles. The van der Waals surface area contributed by atoms with Crippen LogP contribution >= 0.6 is 0 Å². The van der Waals surface area contributed by atoms with Crippen molar-refractivity contribution in [3.05, 3.63) is 0 Å². The minimum absolute atomic E-state index is 0.388. The molecule has 0 saturated carbocycles. The summed E-state index contributed by atoms with van der Waals surface area (Å²) < 4.78 is 0. The lowest BCUT2D eigenvalue weighted by Gasteiger charge is -2.44. The highest BCUT2D eigenvalue weighted by molar-refractivity contribution is 4.89. The van der Waals surface area contributed by atoms with Gasteiger partial charge in [0.05, 0.1) is 0 Å². The molecule has 1 saturated heterocycles. The van der Waals surface area contributed by atoms with Gasteiger partial charge >= 0.3 is 0 Å². The first-order chi connectivity index (χ1) is 7.45. The van der Waals surface area contributed by atoms with Gasteiger partial charge in [-0.25, -0.2) is 0 Å². The summed E-state index contributed by atoms with van der Waals surface area (Å²) in [6.45, 7) is 16.6. The first-order valence-electron chi connectivity index (χ1n) is 6.90. The summed E-state index contributed by atoms with van der Waals surface area (Å²) in [6, 6.07) is 0.695. The Kier molecular flexibility index (Phi) is 5.26. The fourth-order valence-electron chi connectivity index (χ4n) is 2.80. The molecule has 96 valence electrons. The van der Waals surface area contributed by atoms with Crippen molar-refractivity contribution in [3.8, 4) is 0 Å². The minimum Gasteiger partial charge on any atom is -0.314 e. The predicted molar refractivity (Wildman–Crippen MR) is 71.8 cm³/mol. The van der Waals surface area contributed by atoms with Crippen LogP contribution in [0.1, 0.15) is 47.5 Å². The van der Waals surface area contributed by atoms with Crippen molar-refractivity contribution < 1.29 is 0 Å². The monoisotopic (exact) mass is 226 g/mol. The minimum atomic E-state index is 0.388. The van der Waals surface area contributed by atoms with Crippen LogP contribution in [0.4, 0.5) is 0 Å². The van der Waals surface area contributed by atoms with Gasteiger partial charge in [0, 0.05) is 32.2 Å². The Labute approximate surface area is 102 Å². The van der Waals surface area contributed by atoms with Crippen molar-refractivity contribution in [2.75, 3.05) is 26.2 Å². The lowest BCUT2D eigenvalue weighted by Crippen LogP contribution is -2.57. The second-order valence-electron chi connectivity index (χ2n) is 6.47. The van der Waals surface area contributed by atoms with Gasteiger partial charge in [0.25, 0.3) is 0 Å². The van der Waals surface area contributed by atoms with Crippen molar-refractivity contribution in [1.82, 2.24) is 10.2 Å². The number of nitrogens with zero attached hydrogens (tertiary/aromatic N) is 1. The first kappa shape index (κ1) is 14.0. The van der Waals surface area contributed by atoms with Gasteiger partial charge in [-0.05, 0) is 17.8 Å². The Balaban J connectivity index is 2.53. The Hall–Kier alpha value is -0.0800. The van der Waals surface area contributed by atoms with Crippen molar-refractivity contribution in [2.45, 2.75) is 53.5 Å². The van der Waals surface area contributed by atoms with E-state index in [0.29, 0.717) is 11.5 Å². The summed E-state index contributed by atoms with van der Waals surface area (Å²) in [4.78, 5) is 2.71. The van der Waals surface area contributed by atoms with Crippen molar-refractivity contribution in [2.24, 2.45) is 11.3 Å². The molecule has 2 atom stereocenters. The molecule has 1 heterocycles. The van der Waals surface area contributed by atoms with Crippen LogP contribution in [-0.2, 0) is 0 Å². The smallest absolute Gasteiger partial charge is 0.0269 e. The molecule has 0 radical (unpaired) electrons. The highest BCUT2D eigenvalue weighted by atomic mass is 15.2. The van der Waals surface area contributed by atoms with Crippen molar-refractivity contribution in [3.63, 3.8) is 0 Å². The van der Waals surface area contributed by atoms with Crippen molar-refractivity contribution >= 4 is 0 Å².